The fourth-order valence-electron chi connectivity index (χ4n) is 1.80. The molecule has 0 fully saturated rings. The summed E-state index contributed by atoms with van der Waals surface area (Å²) in [6.45, 7) is 0. The van der Waals surface area contributed by atoms with Gasteiger partial charge in [-0.2, -0.15) is 0 Å². The van der Waals surface area contributed by atoms with Crippen LogP contribution >= 0.6 is 0 Å². The van der Waals surface area contributed by atoms with Crippen molar-refractivity contribution >= 4 is 0 Å². The van der Waals surface area contributed by atoms with Crippen molar-refractivity contribution < 1.29 is 13.9 Å². The Labute approximate surface area is 75.0 Å². The molecule has 3 heteroatoms. The molecule has 1 nitrogen and oxygen atoms in total. The molecule has 0 saturated carbocycles. The van der Waals surface area contributed by atoms with Gasteiger partial charge in [-0.3, -0.25) is 0 Å². The molecule has 13 heavy (non-hydrogen) atoms. The monoisotopic (exact) mass is 184 g/mol. The number of fused-ring (bicyclic) bond motifs is 1. The summed E-state index contributed by atoms with van der Waals surface area (Å²) in [5.41, 5.74) is 0.893. The molecule has 1 atom stereocenters. The molecule has 0 aliphatic heterocycles. The maximum absolute atomic E-state index is 13.2. The molecular weight excluding hydrogens is 174 g/mol. The second-order valence-electron chi connectivity index (χ2n) is 3.34. The summed E-state index contributed by atoms with van der Waals surface area (Å²) in [6, 6.07) is 2.54. The van der Waals surface area contributed by atoms with E-state index in [0.29, 0.717) is 30.4 Å². The van der Waals surface area contributed by atoms with E-state index in [-0.39, 0.29) is 0 Å². The molecule has 0 heterocycles. The molecule has 0 spiro atoms. The summed E-state index contributed by atoms with van der Waals surface area (Å²) < 4.78 is 25.9. The molecule has 0 aromatic heterocycles. The topological polar surface area (TPSA) is 20.2 Å². The van der Waals surface area contributed by atoms with Crippen LogP contribution in [0.15, 0.2) is 12.1 Å². The molecule has 1 aromatic rings. The third kappa shape index (κ3) is 1.33. The molecule has 1 N–H and O–H groups in total. The van der Waals surface area contributed by atoms with E-state index in [4.69, 9.17) is 0 Å². The zero-order valence-electron chi connectivity index (χ0n) is 7.06. The van der Waals surface area contributed by atoms with Crippen LogP contribution in [0.25, 0.3) is 0 Å². The second kappa shape index (κ2) is 3.07. The van der Waals surface area contributed by atoms with E-state index in [9.17, 15) is 13.9 Å². The van der Waals surface area contributed by atoms with Crippen molar-refractivity contribution in [3.8, 4) is 0 Å². The van der Waals surface area contributed by atoms with Crippen molar-refractivity contribution in [2.24, 2.45) is 0 Å². The van der Waals surface area contributed by atoms with Crippen LogP contribution in [0.3, 0.4) is 0 Å². The normalized spacial score (nSPS) is 21.3. The fraction of sp³-hybridized carbons (Fsp3) is 0.400. The van der Waals surface area contributed by atoms with Gasteiger partial charge in [-0.1, -0.05) is 6.07 Å². The first-order valence-corrected chi connectivity index (χ1v) is 4.35. The Hall–Kier alpha value is -0.960. The maximum atomic E-state index is 13.2. The lowest BCUT2D eigenvalue weighted by atomic mass is 9.89. The van der Waals surface area contributed by atoms with Crippen LogP contribution in [0.5, 0.6) is 0 Å². The van der Waals surface area contributed by atoms with Gasteiger partial charge in [0.15, 0.2) is 11.6 Å². The van der Waals surface area contributed by atoms with Gasteiger partial charge in [0.25, 0.3) is 0 Å². The molecule has 1 aliphatic rings. The zero-order valence-corrected chi connectivity index (χ0v) is 7.06. The summed E-state index contributed by atoms with van der Waals surface area (Å²) in [4.78, 5) is 0. The Morgan fingerprint density at radius 2 is 2.08 bits per heavy atom. The first-order chi connectivity index (χ1) is 6.20. The predicted octanol–water partition coefficient (Wildman–Crippen LogP) is 2.33. The van der Waals surface area contributed by atoms with Gasteiger partial charge in [0, 0.05) is 0 Å². The molecule has 70 valence electrons. The molecule has 1 aliphatic carbocycles. The zero-order chi connectivity index (χ0) is 9.42. The molecule has 0 bridgehead atoms. The van der Waals surface area contributed by atoms with E-state index < -0.39 is 17.7 Å². The van der Waals surface area contributed by atoms with Gasteiger partial charge < -0.3 is 5.11 Å². The lowest BCUT2D eigenvalue weighted by molar-refractivity contribution is 0.155. The van der Waals surface area contributed by atoms with Crippen LogP contribution in [-0.2, 0) is 6.42 Å². The third-order valence-corrected chi connectivity index (χ3v) is 2.50. The van der Waals surface area contributed by atoms with Crippen molar-refractivity contribution in [3.05, 3.63) is 34.9 Å². The predicted molar refractivity (Wildman–Crippen MR) is 44.3 cm³/mol. The first kappa shape index (κ1) is 8.63. The quantitative estimate of drug-likeness (QED) is 0.656. The van der Waals surface area contributed by atoms with Crippen molar-refractivity contribution in [1.29, 1.82) is 0 Å². The molecule has 0 saturated heterocycles. The van der Waals surface area contributed by atoms with Crippen molar-refractivity contribution in [3.63, 3.8) is 0 Å². The lowest BCUT2D eigenvalue weighted by Crippen LogP contribution is -2.11. The summed E-state index contributed by atoms with van der Waals surface area (Å²) in [5.74, 6) is -1.62. The number of aliphatic hydroxyl groups is 1. The van der Waals surface area contributed by atoms with Gasteiger partial charge in [0.1, 0.15) is 0 Å². The van der Waals surface area contributed by atoms with E-state index in [1.807, 2.05) is 0 Å². The SMILES string of the molecule is OC1CCCc2c1ccc(F)c2F. The molecule has 0 amide bonds. The lowest BCUT2D eigenvalue weighted by Gasteiger charge is -2.21. The molecule has 1 aromatic carbocycles. The largest absolute Gasteiger partial charge is 0.388 e. The summed E-state index contributed by atoms with van der Waals surface area (Å²) in [6.07, 6.45) is 1.25. The number of halogens is 2. The van der Waals surface area contributed by atoms with E-state index in [1.165, 1.54) is 6.07 Å². The van der Waals surface area contributed by atoms with Crippen molar-refractivity contribution in [2.75, 3.05) is 0 Å². The van der Waals surface area contributed by atoms with Crippen LogP contribution in [0.4, 0.5) is 8.78 Å². The molecular formula is C10H10F2O. The molecule has 0 radical (unpaired) electrons. The summed E-state index contributed by atoms with van der Waals surface area (Å²) in [5, 5.41) is 9.49. The van der Waals surface area contributed by atoms with Crippen LogP contribution < -0.4 is 0 Å². The van der Waals surface area contributed by atoms with Crippen molar-refractivity contribution in [2.45, 2.75) is 25.4 Å². The number of hydrogen-bond donors (Lipinski definition) is 1. The standard InChI is InChI=1S/C10H10F2O/c11-8-5-4-6-7(10(8)12)2-1-3-9(6)13/h4-5,9,13H,1-3H2. The number of rotatable bonds is 0. The van der Waals surface area contributed by atoms with Crippen LogP contribution in [0, 0.1) is 11.6 Å². The molecule has 2 rings (SSSR count). The highest BCUT2D eigenvalue weighted by Gasteiger charge is 2.22. The Balaban J connectivity index is 2.56. The van der Waals surface area contributed by atoms with Gasteiger partial charge in [-0.05, 0) is 36.5 Å². The smallest absolute Gasteiger partial charge is 0.162 e. The highest BCUT2D eigenvalue weighted by Crippen LogP contribution is 2.31. The summed E-state index contributed by atoms with van der Waals surface area (Å²) >= 11 is 0. The Kier molecular flexibility index (Phi) is 2.04. The van der Waals surface area contributed by atoms with Crippen molar-refractivity contribution in [1.82, 2.24) is 0 Å². The van der Waals surface area contributed by atoms with E-state index in [1.54, 1.807) is 0 Å². The molecule has 1 unspecified atom stereocenters. The average Bonchev–Trinajstić information content (AvgIpc) is 2.12. The number of hydrogen-bond acceptors (Lipinski definition) is 1. The minimum Gasteiger partial charge on any atom is -0.388 e. The van der Waals surface area contributed by atoms with Gasteiger partial charge in [0.05, 0.1) is 6.10 Å². The van der Waals surface area contributed by atoms with Gasteiger partial charge in [-0.25, -0.2) is 8.78 Å². The van der Waals surface area contributed by atoms with E-state index in [2.05, 4.69) is 0 Å². The van der Waals surface area contributed by atoms with Gasteiger partial charge >= 0.3 is 0 Å². The van der Waals surface area contributed by atoms with Gasteiger partial charge in [-0.15, -0.1) is 0 Å². The summed E-state index contributed by atoms with van der Waals surface area (Å²) in [7, 11) is 0. The Morgan fingerprint density at radius 1 is 1.31 bits per heavy atom. The Morgan fingerprint density at radius 3 is 2.85 bits per heavy atom. The second-order valence-corrected chi connectivity index (χ2v) is 3.34. The van der Waals surface area contributed by atoms with E-state index >= 15 is 0 Å². The van der Waals surface area contributed by atoms with Crippen LogP contribution in [-0.4, -0.2) is 5.11 Å². The average molecular weight is 184 g/mol. The van der Waals surface area contributed by atoms with E-state index in [0.717, 1.165) is 6.07 Å². The highest BCUT2D eigenvalue weighted by molar-refractivity contribution is 5.33. The minimum absolute atomic E-state index is 0.346. The first-order valence-electron chi connectivity index (χ1n) is 4.35. The Bertz CT molecular complexity index is 336. The number of benzene rings is 1. The fourth-order valence-corrected chi connectivity index (χ4v) is 1.80. The highest BCUT2D eigenvalue weighted by atomic mass is 19.2. The van der Waals surface area contributed by atoms with Crippen LogP contribution in [0.2, 0.25) is 0 Å². The minimum atomic E-state index is -0.826. The number of aliphatic hydroxyl groups excluding tert-OH is 1. The van der Waals surface area contributed by atoms with Crippen LogP contribution in [0.1, 0.15) is 30.1 Å². The maximum Gasteiger partial charge on any atom is 0.162 e. The van der Waals surface area contributed by atoms with Gasteiger partial charge in [0.2, 0.25) is 0 Å². The third-order valence-electron chi connectivity index (χ3n) is 2.50.